The highest BCUT2D eigenvalue weighted by molar-refractivity contribution is 7.14. The number of amides is 1. The Morgan fingerprint density at radius 2 is 2.00 bits per heavy atom. The van der Waals surface area contributed by atoms with Gasteiger partial charge in [-0.1, -0.05) is 0 Å². The number of nitriles is 1. The largest absolute Gasteiger partial charge is 0.342 e. The Morgan fingerprint density at radius 1 is 1.25 bits per heavy atom. The van der Waals surface area contributed by atoms with Crippen LogP contribution in [0.5, 0.6) is 0 Å². The molecule has 0 spiro atoms. The zero-order chi connectivity index (χ0) is 17.3. The first-order chi connectivity index (χ1) is 11.5. The zero-order valence-electron chi connectivity index (χ0n) is 13.7. The van der Waals surface area contributed by atoms with Crippen LogP contribution in [0.25, 0.3) is 0 Å². The van der Waals surface area contributed by atoms with Gasteiger partial charge in [0.2, 0.25) is 5.91 Å². The first-order valence-electron chi connectivity index (χ1n) is 8.34. The average molecular weight is 344 g/mol. The predicted octanol–water partition coefficient (Wildman–Crippen LogP) is 2.60. The number of piperidine rings is 1. The molecule has 24 heavy (non-hydrogen) atoms. The van der Waals surface area contributed by atoms with E-state index in [1.807, 2.05) is 19.1 Å². The standard InChI is InChI=1S/C18H20N2O3S/c1-11-4-7-15(24-11)17(22)14(9-19)16(21)13-3-2-8-20(10-13)18(23)12-5-6-12/h4,7,12-14H,2-3,5-6,8,10H2,1H3/t13-,14-/m0/s1. The molecule has 1 saturated carbocycles. The second-order valence-corrected chi connectivity index (χ2v) is 7.92. The smallest absolute Gasteiger partial charge is 0.225 e. The highest BCUT2D eigenvalue weighted by atomic mass is 32.1. The van der Waals surface area contributed by atoms with Crippen LogP contribution in [0.15, 0.2) is 12.1 Å². The molecular formula is C18H20N2O3S. The molecule has 2 heterocycles. The summed E-state index contributed by atoms with van der Waals surface area (Å²) in [6.45, 7) is 2.91. The number of carbonyl (C=O) groups excluding carboxylic acids is 3. The molecule has 2 aliphatic rings. The fraction of sp³-hybridized carbons (Fsp3) is 0.556. The minimum Gasteiger partial charge on any atom is -0.342 e. The molecule has 1 aromatic rings. The van der Waals surface area contributed by atoms with Crippen molar-refractivity contribution in [2.75, 3.05) is 13.1 Å². The van der Waals surface area contributed by atoms with Crippen LogP contribution < -0.4 is 0 Å². The van der Waals surface area contributed by atoms with E-state index in [1.54, 1.807) is 11.0 Å². The number of hydrogen-bond donors (Lipinski definition) is 0. The van der Waals surface area contributed by atoms with E-state index in [9.17, 15) is 19.6 Å². The number of nitrogens with zero attached hydrogens (tertiary/aromatic N) is 2. The van der Waals surface area contributed by atoms with Gasteiger partial charge in [0, 0.05) is 29.8 Å². The first kappa shape index (κ1) is 16.8. The number of Topliss-reactive ketones (excluding diaryl/α,β-unsaturated/α-hetero) is 2. The zero-order valence-corrected chi connectivity index (χ0v) is 14.5. The maximum absolute atomic E-state index is 12.7. The van der Waals surface area contributed by atoms with Gasteiger partial charge in [-0.3, -0.25) is 14.4 Å². The van der Waals surface area contributed by atoms with E-state index in [-0.39, 0.29) is 17.6 Å². The van der Waals surface area contributed by atoms with Crippen molar-refractivity contribution < 1.29 is 14.4 Å². The van der Waals surface area contributed by atoms with Gasteiger partial charge in [0.1, 0.15) is 0 Å². The molecule has 1 amide bonds. The predicted molar refractivity (Wildman–Crippen MR) is 89.5 cm³/mol. The molecule has 0 N–H and O–H groups in total. The van der Waals surface area contributed by atoms with E-state index in [4.69, 9.17) is 0 Å². The molecule has 6 heteroatoms. The maximum Gasteiger partial charge on any atom is 0.225 e. The number of hydrogen-bond acceptors (Lipinski definition) is 5. The molecular weight excluding hydrogens is 324 g/mol. The summed E-state index contributed by atoms with van der Waals surface area (Å²) >= 11 is 1.30. The van der Waals surface area contributed by atoms with E-state index < -0.39 is 17.6 Å². The summed E-state index contributed by atoms with van der Waals surface area (Å²) in [5, 5.41) is 9.37. The van der Waals surface area contributed by atoms with Gasteiger partial charge in [0.25, 0.3) is 0 Å². The van der Waals surface area contributed by atoms with Crippen molar-refractivity contribution in [3.63, 3.8) is 0 Å². The van der Waals surface area contributed by atoms with Gasteiger partial charge in [0.05, 0.1) is 10.9 Å². The summed E-state index contributed by atoms with van der Waals surface area (Å²) < 4.78 is 0. The fourth-order valence-electron chi connectivity index (χ4n) is 3.19. The number of thiophene rings is 1. The molecule has 2 fully saturated rings. The third-order valence-electron chi connectivity index (χ3n) is 4.72. The highest BCUT2D eigenvalue weighted by Gasteiger charge is 2.39. The number of aryl methyl sites for hydroxylation is 1. The van der Waals surface area contributed by atoms with Gasteiger partial charge in [0.15, 0.2) is 17.5 Å². The third kappa shape index (κ3) is 3.41. The lowest BCUT2D eigenvalue weighted by Crippen LogP contribution is -2.45. The Labute approximate surface area is 145 Å². The van der Waals surface area contributed by atoms with Crippen molar-refractivity contribution in [3.05, 3.63) is 21.9 Å². The molecule has 0 radical (unpaired) electrons. The van der Waals surface area contributed by atoms with Crippen LogP contribution in [0.4, 0.5) is 0 Å². The lowest BCUT2D eigenvalue weighted by Gasteiger charge is -2.32. The van der Waals surface area contributed by atoms with Crippen LogP contribution in [0.3, 0.4) is 0 Å². The summed E-state index contributed by atoms with van der Waals surface area (Å²) in [6, 6.07) is 5.37. The van der Waals surface area contributed by atoms with Gasteiger partial charge in [-0.15, -0.1) is 11.3 Å². The topological polar surface area (TPSA) is 78.2 Å². The summed E-state index contributed by atoms with van der Waals surface area (Å²) in [7, 11) is 0. The Bertz CT molecular complexity index is 714. The maximum atomic E-state index is 12.7. The molecule has 3 rings (SSSR count). The lowest BCUT2D eigenvalue weighted by molar-refractivity contribution is -0.136. The van der Waals surface area contributed by atoms with Gasteiger partial charge in [-0.05, 0) is 44.7 Å². The van der Waals surface area contributed by atoms with E-state index >= 15 is 0 Å². The summed E-state index contributed by atoms with van der Waals surface area (Å²) in [5.41, 5.74) is 0. The third-order valence-corrected chi connectivity index (χ3v) is 5.74. The number of rotatable bonds is 5. The van der Waals surface area contributed by atoms with Crippen molar-refractivity contribution in [1.29, 1.82) is 5.26 Å². The summed E-state index contributed by atoms with van der Waals surface area (Å²) in [6.07, 6.45) is 3.26. The second kappa shape index (κ2) is 6.86. The Kier molecular flexibility index (Phi) is 4.81. The van der Waals surface area contributed by atoms with Crippen molar-refractivity contribution in [1.82, 2.24) is 4.90 Å². The van der Waals surface area contributed by atoms with Gasteiger partial charge in [-0.25, -0.2) is 0 Å². The quantitative estimate of drug-likeness (QED) is 0.607. The first-order valence-corrected chi connectivity index (χ1v) is 9.15. The molecule has 0 aromatic carbocycles. The van der Waals surface area contributed by atoms with E-state index in [0.717, 1.165) is 24.1 Å². The lowest BCUT2D eigenvalue weighted by atomic mass is 9.85. The van der Waals surface area contributed by atoms with E-state index in [1.165, 1.54) is 11.3 Å². The van der Waals surface area contributed by atoms with E-state index in [2.05, 4.69) is 0 Å². The molecule has 2 atom stereocenters. The van der Waals surface area contributed by atoms with Crippen LogP contribution in [0, 0.1) is 36.0 Å². The summed E-state index contributed by atoms with van der Waals surface area (Å²) in [4.78, 5) is 40.6. The van der Waals surface area contributed by atoms with Crippen LogP contribution >= 0.6 is 11.3 Å². The molecule has 5 nitrogen and oxygen atoms in total. The monoisotopic (exact) mass is 344 g/mol. The molecule has 0 unspecified atom stereocenters. The average Bonchev–Trinajstić information content (AvgIpc) is 3.35. The van der Waals surface area contributed by atoms with Gasteiger partial charge < -0.3 is 4.90 Å². The second-order valence-electron chi connectivity index (χ2n) is 6.64. The Hall–Kier alpha value is -2.00. The number of likely N-dealkylation sites (tertiary alicyclic amines) is 1. The van der Waals surface area contributed by atoms with Crippen LogP contribution in [0.1, 0.15) is 40.2 Å². The fourth-order valence-corrected chi connectivity index (χ4v) is 4.03. The van der Waals surface area contributed by atoms with Gasteiger partial charge >= 0.3 is 0 Å². The molecule has 126 valence electrons. The molecule has 0 bridgehead atoms. The van der Waals surface area contributed by atoms with Crippen molar-refractivity contribution >= 4 is 28.8 Å². The van der Waals surface area contributed by atoms with Crippen LogP contribution in [0.2, 0.25) is 0 Å². The van der Waals surface area contributed by atoms with Gasteiger partial charge in [-0.2, -0.15) is 5.26 Å². The SMILES string of the molecule is Cc1ccc(C(=O)[C@@H](C#N)C(=O)[C@H]2CCCN(C(=O)C3CC3)C2)s1. The van der Waals surface area contributed by atoms with Crippen molar-refractivity contribution in [2.24, 2.45) is 17.8 Å². The summed E-state index contributed by atoms with van der Waals surface area (Å²) in [5.74, 6) is -2.16. The van der Waals surface area contributed by atoms with Crippen LogP contribution in [-0.2, 0) is 9.59 Å². The van der Waals surface area contributed by atoms with E-state index in [0.29, 0.717) is 24.4 Å². The normalized spacial score (nSPS) is 21.8. The Morgan fingerprint density at radius 3 is 2.58 bits per heavy atom. The number of ketones is 2. The minimum absolute atomic E-state index is 0.126. The molecule has 1 saturated heterocycles. The number of carbonyl (C=O) groups is 3. The van der Waals surface area contributed by atoms with Crippen LogP contribution in [-0.4, -0.2) is 35.5 Å². The highest BCUT2D eigenvalue weighted by Crippen LogP contribution is 2.33. The molecule has 1 aromatic heterocycles. The minimum atomic E-state index is -1.26. The van der Waals surface area contributed by atoms with Crippen molar-refractivity contribution in [2.45, 2.75) is 32.6 Å². The van der Waals surface area contributed by atoms with Crippen molar-refractivity contribution in [3.8, 4) is 6.07 Å². The molecule has 1 aliphatic heterocycles. The Balaban J connectivity index is 1.70. The molecule has 1 aliphatic carbocycles.